The minimum absolute atomic E-state index is 0.928. The van der Waals surface area contributed by atoms with Gasteiger partial charge < -0.3 is 0 Å². The molecule has 0 aliphatic heterocycles. The Morgan fingerprint density at radius 1 is 0.600 bits per heavy atom. The van der Waals surface area contributed by atoms with E-state index in [0.29, 0.717) is 0 Å². The summed E-state index contributed by atoms with van der Waals surface area (Å²) in [4.78, 5) is 0. The number of thiol groups is 1. The molecule has 3 heteroatoms. The van der Waals surface area contributed by atoms with Gasteiger partial charge >= 0.3 is 165 Å². The van der Waals surface area contributed by atoms with Gasteiger partial charge in [0.25, 0.3) is 0 Å². The van der Waals surface area contributed by atoms with Gasteiger partial charge in [-0.3, -0.25) is 0 Å². The van der Waals surface area contributed by atoms with Gasteiger partial charge in [0.05, 0.1) is 0 Å². The molecule has 0 fully saturated rings. The Morgan fingerprint density at radius 3 is 1.28 bits per heavy atom. The summed E-state index contributed by atoms with van der Waals surface area (Å²) >= 11 is 8.89. The van der Waals surface area contributed by atoms with Gasteiger partial charge in [-0.05, 0) is 0 Å². The maximum absolute atomic E-state index is 4.45. The number of hydrogen-bond acceptors (Lipinski definition) is 1. The molecule has 0 N–H and O–H groups in total. The molecule has 3 aromatic rings. The monoisotopic (exact) mass is 430 g/mol. The Bertz CT molecular complexity index is 691. The molecule has 0 aromatic heterocycles. The van der Waals surface area contributed by atoms with Crippen LogP contribution in [0, 0.1) is 0 Å². The zero-order valence-corrected chi connectivity index (χ0v) is 17.6. The van der Waals surface area contributed by atoms with E-state index in [0.717, 1.165) is 24.8 Å². The molecule has 0 aliphatic carbocycles. The topological polar surface area (TPSA) is 0 Å². The molecule has 130 valence electrons. The first-order valence-corrected chi connectivity index (χ1v) is 13.8. The zero-order valence-electron chi connectivity index (χ0n) is 14.3. The van der Waals surface area contributed by atoms with Gasteiger partial charge in [-0.25, -0.2) is 0 Å². The Labute approximate surface area is 164 Å². The molecule has 3 aromatic carbocycles. The molecular formula is C22H24BrPS. The van der Waals surface area contributed by atoms with E-state index in [2.05, 4.69) is 119 Å². The van der Waals surface area contributed by atoms with E-state index in [1.165, 1.54) is 15.9 Å². The third-order valence-corrected chi connectivity index (χ3v) is 15.2. The Morgan fingerprint density at radius 2 is 0.960 bits per heavy atom. The Balaban J connectivity index is 2.32. The summed E-state index contributed by atoms with van der Waals surface area (Å²) in [7, 11) is 0. The SMILES string of the molecule is SCCCCP(Br)(c1ccccc1)(c1ccccc1)c1ccccc1. The van der Waals surface area contributed by atoms with Crippen molar-refractivity contribution in [2.75, 3.05) is 11.9 Å². The van der Waals surface area contributed by atoms with Crippen molar-refractivity contribution >= 4 is 49.3 Å². The standard InChI is InChI=1S/C22H24BrPS/c23-24(18-10-11-19-25,20-12-4-1-5-13-20,21-14-6-2-7-15-21)22-16-8-3-9-17-22/h1-9,12-17,25H,10-11,18-19H2. The van der Waals surface area contributed by atoms with Crippen molar-refractivity contribution in [1.82, 2.24) is 0 Å². The normalized spacial score (nSPS) is 13.1. The molecule has 0 unspecified atom stereocenters. The van der Waals surface area contributed by atoms with Crippen molar-refractivity contribution in [3.8, 4) is 0 Å². The Hall–Kier alpha value is -1.08. The maximum atomic E-state index is 4.45. The molecule has 0 nitrogen and oxygen atoms in total. The van der Waals surface area contributed by atoms with Crippen molar-refractivity contribution in [1.29, 1.82) is 0 Å². The summed E-state index contributed by atoms with van der Waals surface area (Å²) in [6.45, 7) is 0. The summed E-state index contributed by atoms with van der Waals surface area (Å²) in [6.07, 6.45) is 3.37. The molecule has 0 amide bonds. The molecule has 0 aliphatic rings. The quantitative estimate of drug-likeness (QED) is 0.284. The van der Waals surface area contributed by atoms with E-state index < -0.39 is 5.31 Å². The number of halogens is 1. The molecular weight excluding hydrogens is 407 g/mol. The molecule has 0 radical (unpaired) electrons. The van der Waals surface area contributed by atoms with Crippen LogP contribution in [0.15, 0.2) is 91.0 Å². The van der Waals surface area contributed by atoms with E-state index in [9.17, 15) is 0 Å². The average Bonchev–Trinajstić information content (AvgIpc) is 2.70. The molecule has 0 atom stereocenters. The minimum atomic E-state index is -2.69. The van der Waals surface area contributed by atoms with Gasteiger partial charge in [-0.2, -0.15) is 0 Å². The van der Waals surface area contributed by atoms with Crippen molar-refractivity contribution in [3.05, 3.63) is 91.0 Å². The summed E-state index contributed by atoms with van der Waals surface area (Å²) < 4.78 is 0. The summed E-state index contributed by atoms with van der Waals surface area (Å²) in [5.74, 6) is 0.928. The first-order chi connectivity index (χ1) is 12.2. The van der Waals surface area contributed by atoms with Crippen LogP contribution in [0.3, 0.4) is 0 Å². The number of hydrogen-bond donors (Lipinski definition) is 1. The number of unbranched alkanes of at least 4 members (excludes halogenated alkanes) is 1. The first-order valence-electron chi connectivity index (χ1n) is 8.70. The van der Waals surface area contributed by atoms with Gasteiger partial charge in [-0.15, -0.1) is 0 Å². The van der Waals surface area contributed by atoms with E-state index in [-0.39, 0.29) is 0 Å². The molecule has 0 saturated carbocycles. The van der Waals surface area contributed by atoms with Gasteiger partial charge in [0.1, 0.15) is 0 Å². The van der Waals surface area contributed by atoms with Crippen LogP contribution in [0.25, 0.3) is 0 Å². The van der Waals surface area contributed by atoms with Crippen molar-refractivity contribution in [2.45, 2.75) is 12.8 Å². The average molecular weight is 431 g/mol. The second kappa shape index (κ2) is 8.08. The van der Waals surface area contributed by atoms with Crippen LogP contribution >= 0.6 is 33.4 Å². The van der Waals surface area contributed by atoms with Gasteiger partial charge in [0, 0.05) is 0 Å². The van der Waals surface area contributed by atoms with Gasteiger partial charge in [-0.1, -0.05) is 0 Å². The van der Waals surface area contributed by atoms with Crippen LogP contribution in [-0.2, 0) is 0 Å². The summed E-state index contributed by atoms with van der Waals surface area (Å²) in [5, 5.41) is 1.49. The third kappa shape index (κ3) is 3.45. The fourth-order valence-electron chi connectivity index (χ4n) is 3.57. The van der Waals surface area contributed by atoms with Gasteiger partial charge in [0.2, 0.25) is 0 Å². The third-order valence-electron chi connectivity index (χ3n) is 4.87. The molecule has 0 bridgehead atoms. The second-order valence-corrected chi connectivity index (χ2v) is 15.8. The Kier molecular flexibility index (Phi) is 6.04. The van der Waals surface area contributed by atoms with Crippen molar-refractivity contribution in [3.63, 3.8) is 0 Å². The van der Waals surface area contributed by atoms with Crippen molar-refractivity contribution in [2.24, 2.45) is 0 Å². The molecule has 0 saturated heterocycles. The van der Waals surface area contributed by atoms with Crippen LogP contribution in [0.2, 0.25) is 0 Å². The number of benzene rings is 3. The molecule has 3 rings (SSSR count). The van der Waals surface area contributed by atoms with Crippen LogP contribution in [0.1, 0.15) is 12.8 Å². The summed E-state index contributed by atoms with van der Waals surface area (Å²) in [5.41, 5.74) is 0. The first kappa shape index (κ1) is 18.7. The predicted octanol–water partition coefficient (Wildman–Crippen LogP) is 5.54. The van der Waals surface area contributed by atoms with E-state index in [1.54, 1.807) is 0 Å². The van der Waals surface area contributed by atoms with E-state index in [4.69, 9.17) is 0 Å². The van der Waals surface area contributed by atoms with Crippen LogP contribution in [-0.4, -0.2) is 11.9 Å². The predicted molar refractivity (Wildman–Crippen MR) is 122 cm³/mol. The zero-order chi connectivity index (χ0) is 17.6. The van der Waals surface area contributed by atoms with Crippen LogP contribution in [0.4, 0.5) is 0 Å². The second-order valence-electron chi connectivity index (χ2n) is 6.34. The van der Waals surface area contributed by atoms with Crippen LogP contribution in [0.5, 0.6) is 0 Å². The molecule has 25 heavy (non-hydrogen) atoms. The van der Waals surface area contributed by atoms with Gasteiger partial charge in [0.15, 0.2) is 0 Å². The van der Waals surface area contributed by atoms with E-state index in [1.807, 2.05) is 0 Å². The molecule has 0 heterocycles. The van der Waals surface area contributed by atoms with Crippen molar-refractivity contribution < 1.29 is 0 Å². The fourth-order valence-corrected chi connectivity index (χ4v) is 11.5. The fraction of sp³-hybridized carbons (Fsp3) is 0.182. The summed E-state index contributed by atoms with van der Waals surface area (Å²) in [6, 6.07) is 32.9. The van der Waals surface area contributed by atoms with E-state index >= 15 is 0 Å². The number of rotatable bonds is 7. The van der Waals surface area contributed by atoms with Crippen LogP contribution < -0.4 is 15.9 Å². The molecule has 0 spiro atoms.